The number of thiocarbonyl (C=S) groups is 1. The summed E-state index contributed by atoms with van der Waals surface area (Å²) in [5.41, 5.74) is 0.656. The smallest absolute Gasteiger partial charge is 0.274 e. The van der Waals surface area contributed by atoms with Gasteiger partial charge in [-0.1, -0.05) is 19.9 Å². The minimum atomic E-state index is -0.0999. The van der Waals surface area contributed by atoms with E-state index in [1.165, 1.54) is 0 Å². The van der Waals surface area contributed by atoms with Gasteiger partial charge in [-0.2, -0.15) is 0 Å². The van der Waals surface area contributed by atoms with Crippen LogP contribution in [0.5, 0.6) is 0 Å². The zero-order chi connectivity index (χ0) is 13.1. The van der Waals surface area contributed by atoms with Crippen molar-refractivity contribution in [3.05, 3.63) is 28.1 Å². The summed E-state index contributed by atoms with van der Waals surface area (Å²) in [7, 11) is 0. The Bertz CT molecular complexity index is 477. The van der Waals surface area contributed by atoms with E-state index in [-0.39, 0.29) is 5.91 Å². The van der Waals surface area contributed by atoms with E-state index < -0.39 is 0 Å². The van der Waals surface area contributed by atoms with Crippen molar-refractivity contribution >= 4 is 40.7 Å². The number of carbonyl (C=O) groups excluding carboxylic acids is 1. The van der Waals surface area contributed by atoms with Crippen LogP contribution in [-0.2, 0) is 4.79 Å². The minimum absolute atomic E-state index is 0.0999. The van der Waals surface area contributed by atoms with Gasteiger partial charge < -0.3 is 4.90 Å². The molecule has 18 heavy (non-hydrogen) atoms. The highest BCUT2D eigenvalue weighted by atomic mass is 32.1. The third kappa shape index (κ3) is 2.97. The fraction of sp³-hybridized carbons (Fsp3) is 0.385. The lowest BCUT2D eigenvalue weighted by atomic mass is 10.1. The molecule has 0 atom stereocenters. The Morgan fingerprint density at radius 2 is 2.33 bits per heavy atom. The zero-order valence-electron chi connectivity index (χ0n) is 10.5. The normalized spacial score (nSPS) is 17.9. The van der Waals surface area contributed by atoms with Crippen molar-refractivity contribution in [2.75, 3.05) is 6.54 Å². The van der Waals surface area contributed by atoms with Crippen LogP contribution < -0.4 is 5.32 Å². The van der Waals surface area contributed by atoms with Gasteiger partial charge in [-0.05, 0) is 42.1 Å². The van der Waals surface area contributed by atoms with Crippen molar-refractivity contribution < 1.29 is 4.79 Å². The van der Waals surface area contributed by atoms with Crippen molar-refractivity contribution in [2.24, 2.45) is 5.92 Å². The van der Waals surface area contributed by atoms with Crippen LogP contribution in [0.3, 0.4) is 0 Å². The summed E-state index contributed by atoms with van der Waals surface area (Å²) in [6.45, 7) is 5.11. The summed E-state index contributed by atoms with van der Waals surface area (Å²) in [5, 5.41) is 5.22. The molecule has 0 aromatic carbocycles. The molecule has 0 aliphatic carbocycles. The number of rotatable bonds is 4. The average Bonchev–Trinajstić information content (AvgIpc) is 2.87. The first kappa shape index (κ1) is 13.2. The Kier molecular flexibility index (Phi) is 4.14. The number of thiophene rings is 1. The molecule has 1 aromatic heterocycles. The fourth-order valence-corrected chi connectivity index (χ4v) is 2.65. The van der Waals surface area contributed by atoms with Crippen LogP contribution in [0.4, 0.5) is 0 Å². The van der Waals surface area contributed by atoms with Gasteiger partial charge in [0.05, 0.1) is 0 Å². The van der Waals surface area contributed by atoms with Gasteiger partial charge in [0, 0.05) is 11.4 Å². The molecule has 0 radical (unpaired) electrons. The molecule has 0 bridgehead atoms. The third-order valence-corrected chi connectivity index (χ3v) is 3.88. The van der Waals surface area contributed by atoms with Gasteiger partial charge in [0.15, 0.2) is 5.11 Å². The molecule has 0 unspecified atom stereocenters. The van der Waals surface area contributed by atoms with E-state index in [1.807, 2.05) is 28.5 Å². The van der Waals surface area contributed by atoms with Gasteiger partial charge in [-0.15, -0.1) is 11.3 Å². The summed E-state index contributed by atoms with van der Waals surface area (Å²) < 4.78 is 0. The molecule has 1 aromatic rings. The van der Waals surface area contributed by atoms with Crippen LogP contribution in [0.1, 0.15) is 25.1 Å². The second kappa shape index (κ2) is 5.63. The third-order valence-electron chi connectivity index (χ3n) is 2.74. The molecule has 1 N–H and O–H groups in total. The Labute approximate surface area is 116 Å². The summed E-state index contributed by atoms with van der Waals surface area (Å²) in [6, 6.07) is 3.97. The first-order chi connectivity index (χ1) is 8.58. The van der Waals surface area contributed by atoms with E-state index in [9.17, 15) is 4.79 Å². The molecular weight excluding hydrogens is 264 g/mol. The molecular formula is C13H16N2OS2. The van der Waals surface area contributed by atoms with Gasteiger partial charge in [0.1, 0.15) is 5.70 Å². The predicted octanol–water partition coefficient (Wildman–Crippen LogP) is 2.85. The van der Waals surface area contributed by atoms with Crippen LogP contribution >= 0.6 is 23.6 Å². The monoisotopic (exact) mass is 280 g/mol. The summed E-state index contributed by atoms with van der Waals surface area (Å²) in [5.74, 6) is 0.489. The second-order valence-electron chi connectivity index (χ2n) is 4.64. The maximum absolute atomic E-state index is 11.9. The topological polar surface area (TPSA) is 32.3 Å². The quantitative estimate of drug-likeness (QED) is 0.680. The van der Waals surface area contributed by atoms with E-state index in [1.54, 1.807) is 11.3 Å². The average molecular weight is 280 g/mol. The molecule has 5 heteroatoms. The highest BCUT2D eigenvalue weighted by molar-refractivity contribution is 7.80. The number of amides is 1. The van der Waals surface area contributed by atoms with Crippen LogP contribution in [0.15, 0.2) is 23.2 Å². The summed E-state index contributed by atoms with van der Waals surface area (Å²) in [4.78, 5) is 14.8. The molecule has 2 heterocycles. The number of nitrogens with one attached hydrogen (secondary N) is 1. The lowest BCUT2D eigenvalue weighted by Gasteiger charge is -2.18. The molecule has 1 aliphatic rings. The maximum atomic E-state index is 11.9. The molecule has 1 amide bonds. The number of carbonyl (C=O) groups is 1. The molecule has 0 saturated carbocycles. The van der Waals surface area contributed by atoms with Gasteiger partial charge in [-0.3, -0.25) is 10.1 Å². The molecule has 3 nitrogen and oxygen atoms in total. The SMILES string of the molecule is CC(C)CCN1C(=S)NC(=O)/C1=C/c1cccs1. The highest BCUT2D eigenvalue weighted by Crippen LogP contribution is 2.20. The van der Waals surface area contributed by atoms with Crippen LogP contribution in [0.2, 0.25) is 0 Å². The van der Waals surface area contributed by atoms with E-state index in [0.717, 1.165) is 17.8 Å². The first-order valence-electron chi connectivity index (χ1n) is 5.96. The second-order valence-corrected chi connectivity index (χ2v) is 6.00. The molecule has 0 spiro atoms. The number of nitrogens with zero attached hydrogens (tertiary/aromatic N) is 1. The number of hydrogen-bond donors (Lipinski definition) is 1. The van der Waals surface area contributed by atoms with Crippen LogP contribution in [0.25, 0.3) is 6.08 Å². The fourth-order valence-electron chi connectivity index (χ4n) is 1.72. The standard InChI is InChI=1S/C13H16N2OS2/c1-9(2)5-6-15-11(12(16)14-13(15)17)8-10-4-3-7-18-10/h3-4,7-9H,5-6H2,1-2H3,(H,14,16,17)/b11-8-. The Morgan fingerprint density at radius 1 is 1.56 bits per heavy atom. The Balaban J connectivity index is 2.19. The van der Waals surface area contributed by atoms with Gasteiger partial charge >= 0.3 is 0 Å². The van der Waals surface area contributed by atoms with E-state index in [0.29, 0.717) is 16.7 Å². The van der Waals surface area contributed by atoms with Crippen molar-refractivity contribution in [1.29, 1.82) is 0 Å². The molecule has 96 valence electrons. The van der Waals surface area contributed by atoms with E-state index >= 15 is 0 Å². The van der Waals surface area contributed by atoms with Gasteiger partial charge in [0.2, 0.25) is 0 Å². The van der Waals surface area contributed by atoms with Crippen molar-refractivity contribution in [1.82, 2.24) is 10.2 Å². The Morgan fingerprint density at radius 3 is 2.94 bits per heavy atom. The molecule has 1 saturated heterocycles. The predicted molar refractivity (Wildman–Crippen MR) is 79.2 cm³/mol. The van der Waals surface area contributed by atoms with Crippen LogP contribution in [0, 0.1) is 5.92 Å². The lowest BCUT2D eigenvalue weighted by molar-refractivity contribution is -0.115. The number of hydrogen-bond acceptors (Lipinski definition) is 3. The van der Waals surface area contributed by atoms with Gasteiger partial charge in [-0.25, -0.2) is 0 Å². The van der Waals surface area contributed by atoms with Crippen LogP contribution in [-0.4, -0.2) is 22.5 Å². The Hall–Kier alpha value is -1.20. The zero-order valence-corrected chi connectivity index (χ0v) is 12.1. The lowest BCUT2D eigenvalue weighted by Crippen LogP contribution is -2.28. The molecule has 2 rings (SSSR count). The molecule has 1 fully saturated rings. The largest absolute Gasteiger partial charge is 0.314 e. The maximum Gasteiger partial charge on any atom is 0.274 e. The van der Waals surface area contributed by atoms with E-state index in [2.05, 4.69) is 19.2 Å². The first-order valence-corrected chi connectivity index (χ1v) is 7.25. The van der Waals surface area contributed by atoms with Crippen molar-refractivity contribution in [3.63, 3.8) is 0 Å². The van der Waals surface area contributed by atoms with Crippen molar-refractivity contribution in [2.45, 2.75) is 20.3 Å². The van der Waals surface area contributed by atoms with Gasteiger partial charge in [0.25, 0.3) is 5.91 Å². The van der Waals surface area contributed by atoms with Crippen molar-refractivity contribution in [3.8, 4) is 0 Å². The summed E-state index contributed by atoms with van der Waals surface area (Å²) in [6.07, 6.45) is 2.91. The molecule has 1 aliphatic heterocycles. The highest BCUT2D eigenvalue weighted by Gasteiger charge is 2.29. The minimum Gasteiger partial charge on any atom is -0.314 e. The summed E-state index contributed by atoms with van der Waals surface area (Å²) >= 11 is 6.81. The van der Waals surface area contributed by atoms with E-state index in [4.69, 9.17) is 12.2 Å².